The zero-order valence-electron chi connectivity index (χ0n) is 14.3. The lowest BCUT2D eigenvalue weighted by atomic mass is 9.86. The quantitative estimate of drug-likeness (QED) is 0.758. The average Bonchev–Trinajstić information content (AvgIpc) is 3.11. The summed E-state index contributed by atoms with van der Waals surface area (Å²) in [6, 6.07) is 3.36. The zero-order valence-corrected chi connectivity index (χ0v) is 14.3. The van der Waals surface area contributed by atoms with Crippen LogP contribution in [-0.2, 0) is 6.42 Å². The Hall–Kier alpha value is -3.09. The summed E-state index contributed by atoms with van der Waals surface area (Å²) >= 11 is 0. The number of Topliss-reactive ketones (excluding diaryl/α,β-unsaturated/α-hetero) is 1. The number of ether oxygens (including phenoxy) is 3. The van der Waals surface area contributed by atoms with Crippen LogP contribution in [0, 0.1) is 19.8 Å². The fourth-order valence-corrected chi connectivity index (χ4v) is 3.44. The maximum atomic E-state index is 12.9. The van der Waals surface area contributed by atoms with Gasteiger partial charge in [-0.2, -0.15) is 0 Å². The van der Waals surface area contributed by atoms with Crippen LogP contribution in [0.5, 0.6) is 34.5 Å². The zero-order chi connectivity index (χ0) is 18.6. The van der Waals surface area contributed by atoms with E-state index in [1.165, 1.54) is 0 Å². The van der Waals surface area contributed by atoms with Crippen molar-refractivity contribution in [3.05, 3.63) is 34.4 Å². The van der Waals surface area contributed by atoms with E-state index < -0.39 is 5.92 Å². The van der Waals surface area contributed by atoms with Crippen molar-refractivity contribution in [1.82, 2.24) is 0 Å². The van der Waals surface area contributed by atoms with Crippen LogP contribution in [0.25, 0.3) is 0 Å². The Morgan fingerprint density at radius 2 is 1.73 bits per heavy atom. The molecule has 0 fully saturated rings. The van der Waals surface area contributed by atoms with Crippen LogP contribution in [0.3, 0.4) is 0 Å². The Morgan fingerprint density at radius 1 is 0.962 bits per heavy atom. The molecule has 0 saturated carbocycles. The third-order valence-electron chi connectivity index (χ3n) is 4.98. The monoisotopic (exact) mass is 358 g/mol. The Balaban J connectivity index is 1.69. The number of aromatic hydroxyl groups is 3. The first-order valence-electron chi connectivity index (χ1n) is 8.22. The van der Waals surface area contributed by atoms with Crippen LogP contribution < -0.4 is 14.2 Å². The van der Waals surface area contributed by atoms with E-state index in [1.54, 1.807) is 26.0 Å². The van der Waals surface area contributed by atoms with Crippen molar-refractivity contribution in [1.29, 1.82) is 0 Å². The Morgan fingerprint density at radius 3 is 2.50 bits per heavy atom. The van der Waals surface area contributed by atoms with Crippen molar-refractivity contribution in [2.45, 2.75) is 20.3 Å². The fourth-order valence-electron chi connectivity index (χ4n) is 3.44. The van der Waals surface area contributed by atoms with E-state index in [1.807, 2.05) is 0 Å². The third kappa shape index (κ3) is 2.23. The van der Waals surface area contributed by atoms with Crippen LogP contribution in [0.4, 0.5) is 0 Å². The van der Waals surface area contributed by atoms with Crippen molar-refractivity contribution >= 4 is 5.78 Å². The molecule has 7 heteroatoms. The molecule has 0 bridgehead atoms. The van der Waals surface area contributed by atoms with Crippen LogP contribution in [0.1, 0.15) is 27.0 Å². The molecule has 0 aromatic heterocycles. The third-order valence-corrected chi connectivity index (χ3v) is 4.98. The van der Waals surface area contributed by atoms with Crippen molar-refractivity contribution in [2.75, 3.05) is 13.4 Å². The second kappa shape index (κ2) is 5.72. The lowest BCUT2D eigenvalue weighted by Gasteiger charge is -2.27. The summed E-state index contributed by atoms with van der Waals surface area (Å²) in [6.45, 7) is 3.31. The number of hydrogen-bond acceptors (Lipinski definition) is 7. The molecule has 0 amide bonds. The molecule has 1 atom stereocenters. The minimum atomic E-state index is -0.581. The van der Waals surface area contributed by atoms with Gasteiger partial charge in [-0.3, -0.25) is 4.79 Å². The molecule has 0 radical (unpaired) electrons. The number of benzene rings is 2. The molecule has 7 nitrogen and oxygen atoms in total. The van der Waals surface area contributed by atoms with E-state index in [9.17, 15) is 20.1 Å². The number of ketones is 1. The van der Waals surface area contributed by atoms with Crippen molar-refractivity contribution < 1.29 is 34.3 Å². The van der Waals surface area contributed by atoms with Gasteiger partial charge in [0.1, 0.15) is 22.8 Å². The molecule has 2 heterocycles. The highest BCUT2D eigenvalue weighted by atomic mass is 16.7. The highest BCUT2D eigenvalue weighted by Gasteiger charge is 2.36. The van der Waals surface area contributed by atoms with Gasteiger partial charge in [-0.05, 0) is 31.9 Å². The number of hydrogen-bond donors (Lipinski definition) is 3. The number of carbonyl (C=O) groups excluding carboxylic acids is 1. The molecule has 2 aliphatic rings. The highest BCUT2D eigenvalue weighted by Crippen LogP contribution is 2.46. The summed E-state index contributed by atoms with van der Waals surface area (Å²) in [5.41, 5.74) is 1.28. The number of phenols is 3. The molecule has 2 aromatic carbocycles. The van der Waals surface area contributed by atoms with Crippen molar-refractivity contribution in [2.24, 2.45) is 5.92 Å². The van der Waals surface area contributed by atoms with Crippen LogP contribution >= 0.6 is 0 Å². The summed E-state index contributed by atoms with van der Waals surface area (Å²) in [6.07, 6.45) is 0.221. The summed E-state index contributed by atoms with van der Waals surface area (Å²) in [7, 11) is 0. The fraction of sp³-hybridized carbons (Fsp3) is 0.316. The molecular weight excluding hydrogens is 340 g/mol. The van der Waals surface area contributed by atoms with Gasteiger partial charge in [0, 0.05) is 11.1 Å². The van der Waals surface area contributed by atoms with Gasteiger partial charge >= 0.3 is 0 Å². The number of fused-ring (bicyclic) bond motifs is 2. The topological polar surface area (TPSA) is 105 Å². The first-order chi connectivity index (χ1) is 12.4. The predicted octanol–water partition coefficient (Wildman–Crippen LogP) is 2.58. The Labute approximate surface area is 149 Å². The molecule has 2 aliphatic heterocycles. The average molecular weight is 358 g/mol. The maximum absolute atomic E-state index is 12.9. The minimum absolute atomic E-state index is 0.0428. The van der Waals surface area contributed by atoms with Gasteiger partial charge in [-0.1, -0.05) is 6.07 Å². The normalized spacial score (nSPS) is 17.8. The summed E-state index contributed by atoms with van der Waals surface area (Å²) in [5.74, 6) is -0.333. The van der Waals surface area contributed by atoms with Gasteiger partial charge in [-0.15, -0.1) is 0 Å². The first kappa shape index (κ1) is 16.4. The second-order valence-corrected chi connectivity index (χ2v) is 6.53. The molecule has 3 N–H and O–H groups in total. The number of rotatable bonds is 2. The summed E-state index contributed by atoms with van der Waals surface area (Å²) in [5, 5.41) is 30.7. The SMILES string of the molecule is Cc1c(O)c(C)c2c(c1O)C(=O)[C@@H](Cc1ccc3c(c1O)OCO3)CO2. The molecule has 0 saturated heterocycles. The van der Waals surface area contributed by atoms with Gasteiger partial charge < -0.3 is 29.5 Å². The van der Waals surface area contributed by atoms with Crippen LogP contribution in [0.15, 0.2) is 12.1 Å². The summed E-state index contributed by atoms with van der Waals surface area (Å²) in [4.78, 5) is 12.9. The molecular formula is C19H18O7. The largest absolute Gasteiger partial charge is 0.507 e. The van der Waals surface area contributed by atoms with Gasteiger partial charge in [0.25, 0.3) is 0 Å². The standard InChI is InChI=1S/C19H18O7/c1-8-14(20)9(2)18-13(15(8)21)16(22)11(6-24-18)5-10-3-4-12-19(17(10)23)26-7-25-12/h3-4,11,20-21,23H,5-7H2,1-2H3/t11-/m0/s1. The van der Waals surface area contributed by atoms with Gasteiger partial charge in [-0.25, -0.2) is 0 Å². The maximum Gasteiger partial charge on any atom is 0.231 e. The molecule has 0 aliphatic carbocycles. The molecule has 136 valence electrons. The van der Waals surface area contributed by atoms with Crippen molar-refractivity contribution in [3.63, 3.8) is 0 Å². The number of carbonyl (C=O) groups is 1. The van der Waals surface area contributed by atoms with Crippen molar-refractivity contribution in [3.8, 4) is 34.5 Å². The minimum Gasteiger partial charge on any atom is -0.507 e. The smallest absolute Gasteiger partial charge is 0.231 e. The van der Waals surface area contributed by atoms with Crippen LogP contribution in [0.2, 0.25) is 0 Å². The van der Waals surface area contributed by atoms with Crippen LogP contribution in [-0.4, -0.2) is 34.5 Å². The van der Waals surface area contributed by atoms with E-state index in [4.69, 9.17) is 14.2 Å². The highest BCUT2D eigenvalue weighted by molar-refractivity contribution is 6.05. The molecule has 26 heavy (non-hydrogen) atoms. The molecule has 0 unspecified atom stereocenters. The van der Waals surface area contributed by atoms with Gasteiger partial charge in [0.05, 0.1) is 12.5 Å². The predicted molar refractivity (Wildman–Crippen MR) is 90.5 cm³/mol. The molecule has 4 rings (SSSR count). The second-order valence-electron chi connectivity index (χ2n) is 6.53. The molecule has 0 spiro atoms. The Kier molecular flexibility index (Phi) is 3.61. The first-order valence-corrected chi connectivity index (χ1v) is 8.22. The van der Waals surface area contributed by atoms with E-state index in [0.29, 0.717) is 16.9 Å². The molecule has 2 aromatic rings. The lowest BCUT2D eigenvalue weighted by Crippen LogP contribution is -2.30. The summed E-state index contributed by atoms with van der Waals surface area (Å²) < 4.78 is 16.1. The van der Waals surface area contributed by atoms with E-state index >= 15 is 0 Å². The Bertz CT molecular complexity index is 932. The van der Waals surface area contributed by atoms with Gasteiger partial charge in [0.15, 0.2) is 17.3 Å². The van der Waals surface area contributed by atoms with E-state index in [0.717, 1.165) is 0 Å². The number of phenolic OH excluding ortho intramolecular Hbond substituents is 3. The van der Waals surface area contributed by atoms with E-state index in [-0.39, 0.29) is 65.5 Å². The van der Waals surface area contributed by atoms with E-state index in [2.05, 4.69) is 0 Å². The van der Waals surface area contributed by atoms with Gasteiger partial charge in [0.2, 0.25) is 12.5 Å². The lowest BCUT2D eigenvalue weighted by molar-refractivity contribution is 0.0823.